The smallest absolute Gasteiger partial charge is 0.263 e. The predicted octanol–water partition coefficient (Wildman–Crippen LogP) is 2.79. The van der Waals surface area contributed by atoms with Crippen molar-refractivity contribution in [3.8, 4) is 17.6 Å². The van der Waals surface area contributed by atoms with Gasteiger partial charge in [0.25, 0.3) is 5.91 Å². The lowest BCUT2D eigenvalue weighted by atomic mass is 10.1. The summed E-state index contributed by atoms with van der Waals surface area (Å²) in [5.41, 5.74) is 1.96. The molecule has 1 unspecified atom stereocenters. The van der Waals surface area contributed by atoms with Crippen molar-refractivity contribution in [2.75, 3.05) is 6.79 Å². The lowest BCUT2D eigenvalue weighted by Crippen LogP contribution is -2.28. The standard InChI is InChI=1S/C20H19N3O3/c1-14(16-5-3-2-4-6-16)23-20(24)17(10-21)12-22-11-15-7-8-18-19(9-15)26-13-25-18/h2-9,12,14,22H,11,13H2,1H3,(H,23,24)/b17-12-. The fraction of sp³-hybridized carbons (Fsp3) is 0.200. The molecule has 2 N–H and O–H groups in total. The number of hydrogen-bond acceptors (Lipinski definition) is 5. The Hall–Kier alpha value is -3.46. The van der Waals surface area contributed by atoms with Crippen molar-refractivity contribution >= 4 is 5.91 Å². The van der Waals surface area contributed by atoms with E-state index in [0.29, 0.717) is 12.3 Å². The minimum Gasteiger partial charge on any atom is -0.454 e. The van der Waals surface area contributed by atoms with Crippen LogP contribution in [-0.4, -0.2) is 12.7 Å². The molecule has 0 bridgehead atoms. The van der Waals surface area contributed by atoms with Crippen molar-refractivity contribution in [3.05, 3.63) is 71.4 Å². The van der Waals surface area contributed by atoms with Gasteiger partial charge >= 0.3 is 0 Å². The Kier molecular flexibility index (Phi) is 5.40. The van der Waals surface area contributed by atoms with Gasteiger partial charge in [-0.05, 0) is 30.2 Å². The van der Waals surface area contributed by atoms with E-state index in [0.717, 1.165) is 16.9 Å². The number of ether oxygens (including phenoxy) is 2. The van der Waals surface area contributed by atoms with Crippen LogP contribution in [0.3, 0.4) is 0 Å². The van der Waals surface area contributed by atoms with Crippen molar-refractivity contribution < 1.29 is 14.3 Å². The number of nitrogens with zero attached hydrogens (tertiary/aromatic N) is 1. The normalized spacial score (nSPS) is 13.6. The van der Waals surface area contributed by atoms with Crippen LogP contribution >= 0.6 is 0 Å². The summed E-state index contributed by atoms with van der Waals surface area (Å²) in [6, 6.07) is 16.9. The molecule has 0 radical (unpaired) electrons. The maximum atomic E-state index is 12.3. The van der Waals surface area contributed by atoms with Crippen LogP contribution in [0.4, 0.5) is 0 Å². The predicted molar refractivity (Wildman–Crippen MR) is 96.1 cm³/mol. The number of hydrogen-bond donors (Lipinski definition) is 2. The third-order valence-corrected chi connectivity index (χ3v) is 4.00. The molecule has 1 atom stereocenters. The first-order chi connectivity index (χ1) is 12.7. The molecule has 6 nitrogen and oxygen atoms in total. The first-order valence-electron chi connectivity index (χ1n) is 8.25. The molecular weight excluding hydrogens is 330 g/mol. The molecule has 2 aromatic carbocycles. The minimum atomic E-state index is -0.415. The third kappa shape index (κ3) is 4.14. The lowest BCUT2D eigenvalue weighted by molar-refractivity contribution is -0.117. The summed E-state index contributed by atoms with van der Waals surface area (Å²) in [6.07, 6.45) is 1.43. The van der Waals surface area contributed by atoms with Crippen LogP contribution in [-0.2, 0) is 11.3 Å². The number of nitrogens with one attached hydrogen (secondary N) is 2. The zero-order valence-electron chi connectivity index (χ0n) is 14.4. The molecule has 0 aromatic heterocycles. The van der Waals surface area contributed by atoms with Gasteiger partial charge in [0, 0.05) is 12.7 Å². The molecule has 3 rings (SSSR count). The molecule has 6 heteroatoms. The van der Waals surface area contributed by atoms with E-state index in [1.165, 1.54) is 6.20 Å². The number of carbonyl (C=O) groups excluding carboxylic acids is 1. The average molecular weight is 349 g/mol. The Morgan fingerprint density at radius 3 is 2.77 bits per heavy atom. The number of amides is 1. The minimum absolute atomic E-state index is 0.0218. The topological polar surface area (TPSA) is 83.4 Å². The quantitative estimate of drug-likeness (QED) is 0.619. The van der Waals surface area contributed by atoms with Gasteiger partial charge in [0.05, 0.1) is 6.04 Å². The molecule has 26 heavy (non-hydrogen) atoms. The van der Waals surface area contributed by atoms with Crippen LogP contribution < -0.4 is 20.1 Å². The molecule has 1 aliphatic rings. The summed E-state index contributed by atoms with van der Waals surface area (Å²) in [7, 11) is 0. The second kappa shape index (κ2) is 8.08. The molecule has 1 amide bonds. The number of nitriles is 1. The van der Waals surface area contributed by atoms with Crippen molar-refractivity contribution in [1.82, 2.24) is 10.6 Å². The van der Waals surface area contributed by atoms with E-state index in [1.807, 2.05) is 61.5 Å². The maximum absolute atomic E-state index is 12.3. The van der Waals surface area contributed by atoms with Gasteiger partial charge in [-0.2, -0.15) is 5.26 Å². The van der Waals surface area contributed by atoms with E-state index < -0.39 is 5.91 Å². The van der Waals surface area contributed by atoms with Crippen LogP contribution in [0.1, 0.15) is 24.1 Å². The summed E-state index contributed by atoms with van der Waals surface area (Å²) in [4.78, 5) is 12.3. The van der Waals surface area contributed by atoms with Crippen LogP contribution in [0.5, 0.6) is 11.5 Å². The molecule has 0 saturated heterocycles. The molecule has 0 spiro atoms. The molecule has 0 fully saturated rings. The Morgan fingerprint density at radius 2 is 2.00 bits per heavy atom. The van der Waals surface area contributed by atoms with Gasteiger partial charge in [-0.1, -0.05) is 36.4 Å². The van der Waals surface area contributed by atoms with E-state index in [-0.39, 0.29) is 18.4 Å². The first kappa shape index (κ1) is 17.4. The van der Waals surface area contributed by atoms with Crippen LogP contribution in [0.15, 0.2) is 60.3 Å². The van der Waals surface area contributed by atoms with Crippen molar-refractivity contribution in [2.24, 2.45) is 0 Å². The van der Waals surface area contributed by atoms with E-state index >= 15 is 0 Å². The van der Waals surface area contributed by atoms with Crippen molar-refractivity contribution in [1.29, 1.82) is 5.26 Å². The summed E-state index contributed by atoms with van der Waals surface area (Å²) >= 11 is 0. The fourth-order valence-electron chi connectivity index (χ4n) is 2.57. The first-order valence-corrected chi connectivity index (χ1v) is 8.25. The highest BCUT2D eigenvalue weighted by Gasteiger charge is 2.14. The van der Waals surface area contributed by atoms with Crippen molar-refractivity contribution in [3.63, 3.8) is 0 Å². The summed E-state index contributed by atoms with van der Waals surface area (Å²) in [5, 5.41) is 15.1. The monoisotopic (exact) mass is 349 g/mol. The number of fused-ring (bicyclic) bond motifs is 1. The zero-order valence-corrected chi connectivity index (χ0v) is 14.4. The Bertz CT molecular complexity index is 856. The van der Waals surface area contributed by atoms with Crippen LogP contribution in [0.2, 0.25) is 0 Å². The largest absolute Gasteiger partial charge is 0.454 e. The summed E-state index contributed by atoms with van der Waals surface area (Å²) < 4.78 is 10.6. The van der Waals surface area contributed by atoms with Gasteiger partial charge in [0.2, 0.25) is 6.79 Å². The highest BCUT2D eigenvalue weighted by atomic mass is 16.7. The second-order valence-electron chi connectivity index (χ2n) is 5.84. The number of benzene rings is 2. The van der Waals surface area contributed by atoms with Crippen LogP contribution in [0.25, 0.3) is 0 Å². The number of carbonyl (C=O) groups is 1. The van der Waals surface area contributed by atoms with Gasteiger partial charge in [-0.15, -0.1) is 0 Å². The molecule has 0 saturated carbocycles. The van der Waals surface area contributed by atoms with E-state index in [1.54, 1.807) is 0 Å². The summed E-state index contributed by atoms with van der Waals surface area (Å²) in [5.74, 6) is 1.00. The molecule has 0 aliphatic carbocycles. The SMILES string of the molecule is CC(NC(=O)/C(C#N)=C\NCc1ccc2c(c1)OCO2)c1ccccc1. The third-order valence-electron chi connectivity index (χ3n) is 4.00. The van der Waals surface area contributed by atoms with Crippen molar-refractivity contribution in [2.45, 2.75) is 19.5 Å². The molecular formula is C20H19N3O3. The van der Waals surface area contributed by atoms with Gasteiger partial charge in [0.1, 0.15) is 11.6 Å². The molecule has 2 aromatic rings. The Morgan fingerprint density at radius 1 is 1.23 bits per heavy atom. The highest BCUT2D eigenvalue weighted by Crippen LogP contribution is 2.32. The van der Waals surface area contributed by atoms with Gasteiger partial charge in [-0.25, -0.2) is 0 Å². The lowest BCUT2D eigenvalue weighted by Gasteiger charge is -2.13. The molecule has 1 aliphatic heterocycles. The summed E-state index contributed by atoms with van der Waals surface area (Å²) in [6.45, 7) is 2.57. The van der Waals surface area contributed by atoms with E-state index in [2.05, 4.69) is 10.6 Å². The Labute approximate surface area is 152 Å². The average Bonchev–Trinajstić information content (AvgIpc) is 3.13. The fourth-order valence-corrected chi connectivity index (χ4v) is 2.57. The van der Waals surface area contributed by atoms with E-state index in [9.17, 15) is 10.1 Å². The van der Waals surface area contributed by atoms with Crippen LogP contribution in [0, 0.1) is 11.3 Å². The molecule has 132 valence electrons. The van der Waals surface area contributed by atoms with Gasteiger partial charge in [0.15, 0.2) is 11.5 Å². The highest BCUT2D eigenvalue weighted by molar-refractivity contribution is 5.97. The van der Waals surface area contributed by atoms with Gasteiger partial charge < -0.3 is 20.1 Å². The second-order valence-corrected chi connectivity index (χ2v) is 5.84. The number of rotatable bonds is 6. The van der Waals surface area contributed by atoms with E-state index in [4.69, 9.17) is 9.47 Å². The Balaban J connectivity index is 1.57. The van der Waals surface area contributed by atoms with Gasteiger partial charge in [-0.3, -0.25) is 4.79 Å². The maximum Gasteiger partial charge on any atom is 0.263 e. The molecule has 1 heterocycles. The zero-order chi connectivity index (χ0) is 18.4.